The summed E-state index contributed by atoms with van der Waals surface area (Å²) in [5.74, 6) is -0.472. The van der Waals surface area contributed by atoms with Crippen LogP contribution in [-0.2, 0) is 19.0 Å². The van der Waals surface area contributed by atoms with Gasteiger partial charge in [-0.05, 0) is 69.6 Å². The van der Waals surface area contributed by atoms with Crippen LogP contribution in [0.3, 0.4) is 0 Å². The fraction of sp³-hybridized carbons (Fsp3) is 0.500. The Morgan fingerprint density at radius 3 is 2.39 bits per heavy atom. The molecule has 1 aliphatic heterocycles. The number of nitrogens with zero attached hydrogens (tertiary/aromatic N) is 5. The van der Waals surface area contributed by atoms with Crippen LogP contribution in [0, 0.1) is 5.82 Å². The Morgan fingerprint density at radius 2 is 1.67 bits per heavy atom. The first kappa shape index (κ1) is 21.7. The third kappa shape index (κ3) is 3.63. The summed E-state index contributed by atoms with van der Waals surface area (Å²) in [7, 11) is 0. The van der Waals surface area contributed by atoms with E-state index in [-0.39, 0.29) is 23.2 Å². The third-order valence-electron chi connectivity index (χ3n) is 6.71. The zero-order valence-electron chi connectivity index (χ0n) is 18.0. The van der Waals surface area contributed by atoms with E-state index in [1.165, 1.54) is 22.9 Å². The lowest BCUT2D eigenvalue weighted by atomic mass is 9.87. The number of benzene rings is 1. The van der Waals surface area contributed by atoms with Gasteiger partial charge in [0.15, 0.2) is 5.69 Å². The highest BCUT2D eigenvalue weighted by Gasteiger charge is 2.45. The first-order valence-electron chi connectivity index (χ1n) is 11.2. The van der Waals surface area contributed by atoms with E-state index < -0.39 is 23.4 Å². The number of nitrogens with two attached hydrogens (primary N) is 2. The Kier molecular flexibility index (Phi) is 5.09. The van der Waals surface area contributed by atoms with E-state index in [4.69, 9.17) is 11.5 Å². The standard InChI is InChI=1S/C22H25F4N7/c23-13-8-9-16(33-15-7-3-2-6-14(15)18(31-33)22(24,25)26)17(12-13)32-20(28)29-19(27)30-21(32)10-4-1-5-11-21/h8-9,12H,1-7,10-11H2,(H4,27,28,29,30). The molecule has 2 aromatic rings. The smallest absolute Gasteiger partial charge is 0.369 e. The number of aromatic nitrogens is 2. The van der Waals surface area contributed by atoms with E-state index in [0.29, 0.717) is 43.5 Å². The zero-order valence-corrected chi connectivity index (χ0v) is 18.0. The fourth-order valence-electron chi connectivity index (χ4n) is 5.35. The van der Waals surface area contributed by atoms with E-state index >= 15 is 0 Å². The quantitative estimate of drug-likeness (QED) is 0.658. The van der Waals surface area contributed by atoms with Gasteiger partial charge in [-0.15, -0.1) is 0 Å². The van der Waals surface area contributed by atoms with Gasteiger partial charge < -0.3 is 11.5 Å². The van der Waals surface area contributed by atoms with Gasteiger partial charge >= 0.3 is 6.18 Å². The minimum atomic E-state index is -4.58. The molecule has 1 aromatic carbocycles. The SMILES string of the molecule is NC1=NC2(CCCCC2)N(c2cc(F)ccc2-n2nc(C(F)(F)F)c3c2CCCC3)C(N)=N1. The van der Waals surface area contributed by atoms with Gasteiger partial charge in [0.2, 0.25) is 11.9 Å². The van der Waals surface area contributed by atoms with E-state index in [9.17, 15) is 17.6 Å². The summed E-state index contributed by atoms with van der Waals surface area (Å²) in [6.07, 6.45) is 1.57. The van der Waals surface area contributed by atoms with Crippen LogP contribution >= 0.6 is 0 Å². The van der Waals surface area contributed by atoms with Crippen LogP contribution in [0.5, 0.6) is 0 Å². The molecule has 176 valence electrons. The van der Waals surface area contributed by atoms with E-state index in [0.717, 1.165) is 25.7 Å². The van der Waals surface area contributed by atoms with Gasteiger partial charge in [-0.1, -0.05) is 6.42 Å². The van der Waals surface area contributed by atoms with Gasteiger partial charge in [-0.3, -0.25) is 4.90 Å². The predicted molar refractivity (Wildman–Crippen MR) is 117 cm³/mol. The average molecular weight is 463 g/mol. The summed E-state index contributed by atoms with van der Waals surface area (Å²) in [6.45, 7) is 0. The molecule has 0 saturated heterocycles. The molecular formula is C22H25F4N7. The lowest BCUT2D eigenvalue weighted by molar-refractivity contribution is -0.142. The molecule has 0 radical (unpaired) electrons. The average Bonchev–Trinajstić information content (AvgIpc) is 3.14. The van der Waals surface area contributed by atoms with Crippen molar-refractivity contribution >= 4 is 17.6 Å². The second-order valence-corrected chi connectivity index (χ2v) is 8.84. The van der Waals surface area contributed by atoms with Gasteiger partial charge in [-0.25, -0.2) is 14.1 Å². The summed E-state index contributed by atoms with van der Waals surface area (Å²) in [5.41, 5.74) is 11.8. The van der Waals surface area contributed by atoms with Gasteiger partial charge in [-0.2, -0.15) is 23.3 Å². The minimum Gasteiger partial charge on any atom is -0.369 e. The highest BCUT2D eigenvalue weighted by Crippen LogP contribution is 2.43. The molecule has 0 amide bonds. The number of halogens is 4. The maximum atomic E-state index is 14.5. The molecule has 2 heterocycles. The molecule has 1 spiro atoms. The topological polar surface area (TPSA) is 97.8 Å². The van der Waals surface area contributed by atoms with Crippen molar-refractivity contribution in [3.63, 3.8) is 0 Å². The number of rotatable bonds is 2. The van der Waals surface area contributed by atoms with Crippen LogP contribution in [0.15, 0.2) is 28.2 Å². The second kappa shape index (κ2) is 7.74. The maximum Gasteiger partial charge on any atom is 0.435 e. The first-order valence-corrected chi connectivity index (χ1v) is 11.2. The normalized spacial score (nSPS) is 20.4. The summed E-state index contributed by atoms with van der Waals surface area (Å²) in [5, 5.41) is 3.99. The minimum absolute atomic E-state index is 0.0355. The number of hydrogen-bond donors (Lipinski definition) is 2. The first-order chi connectivity index (χ1) is 15.7. The summed E-state index contributed by atoms with van der Waals surface area (Å²) < 4.78 is 57.2. The molecule has 0 unspecified atom stereocenters. The molecule has 33 heavy (non-hydrogen) atoms. The van der Waals surface area contributed by atoms with Crippen molar-refractivity contribution in [1.29, 1.82) is 0 Å². The molecule has 0 atom stereocenters. The summed E-state index contributed by atoms with van der Waals surface area (Å²) in [4.78, 5) is 10.3. The van der Waals surface area contributed by atoms with Gasteiger partial charge in [0.1, 0.15) is 11.5 Å². The summed E-state index contributed by atoms with van der Waals surface area (Å²) >= 11 is 0. The highest BCUT2D eigenvalue weighted by atomic mass is 19.4. The van der Waals surface area contributed by atoms with Crippen LogP contribution in [0.1, 0.15) is 61.9 Å². The molecule has 0 bridgehead atoms. The number of aliphatic imine (C=N–C) groups is 2. The zero-order chi connectivity index (χ0) is 23.4. The van der Waals surface area contributed by atoms with Crippen LogP contribution in [0.4, 0.5) is 23.2 Å². The Morgan fingerprint density at radius 1 is 0.939 bits per heavy atom. The van der Waals surface area contributed by atoms with Gasteiger partial charge in [0, 0.05) is 11.3 Å². The molecule has 11 heteroatoms. The molecule has 7 nitrogen and oxygen atoms in total. The Balaban J connectivity index is 1.72. The fourth-order valence-corrected chi connectivity index (χ4v) is 5.35. The molecule has 4 N–H and O–H groups in total. The largest absolute Gasteiger partial charge is 0.435 e. The van der Waals surface area contributed by atoms with Crippen molar-refractivity contribution < 1.29 is 17.6 Å². The molecule has 1 saturated carbocycles. The number of hydrogen-bond acceptors (Lipinski definition) is 6. The predicted octanol–water partition coefficient (Wildman–Crippen LogP) is 4.02. The van der Waals surface area contributed by atoms with Crippen molar-refractivity contribution in [3.8, 4) is 5.69 Å². The number of fused-ring (bicyclic) bond motifs is 1. The van der Waals surface area contributed by atoms with Crippen molar-refractivity contribution in [2.45, 2.75) is 69.6 Å². The third-order valence-corrected chi connectivity index (χ3v) is 6.71. The molecule has 3 aliphatic rings. The maximum absolute atomic E-state index is 14.5. The van der Waals surface area contributed by atoms with Crippen molar-refractivity contribution in [1.82, 2.24) is 9.78 Å². The monoisotopic (exact) mass is 463 g/mol. The number of guanidine groups is 2. The van der Waals surface area contributed by atoms with E-state index in [2.05, 4.69) is 15.1 Å². The molecule has 1 aromatic heterocycles. The van der Waals surface area contributed by atoms with Crippen LogP contribution in [0.2, 0.25) is 0 Å². The number of anilines is 1. The van der Waals surface area contributed by atoms with Crippen LogP contribution in [0.25, 0.3) is 5.69 Å². The molecule has 2 aliphatic carbocycles. The highest BCUT2D eigenvalue weighted by molar-refractivity contribution is 6.06. The lowest BCUT2D eigenvalue weighted by Crippen LogP contribution is -2.58. The van der Waals surface area contributed by atoms with Crippen LogP contribution < -0.4 is 16.4 Å². The Hall–Kier alpha value is -3.11. The van der Waals surface area contributed by atoms with Crippen molar-refractivity contribution in [2.24, 2.45) is 21.5 Å². The van der Waals surface area contributed by atoms with E-state index in [1.807, 2.05) is 0 Å². The van der Waals surface area contributed by atoms with Crippen molar-refractivity contribution in [3.05, 3.63) is 41.0 Å². The number of alkyl halides is 3. The lowest BCUT2D eigenvalue weighted by Gasteiger charge is -2.46. The molecule has 5 rings (SSSR count). The van der Waals surface area contributed by atoms with Crippen molar-refractivity contribution in [2.75, 3.05) is 4.90 Å². The van der Waals surface area contributed by atoms with Gasteiger partial charge in [0.05, 0.1) is 11.4 Å². The van der Waals surface area contributed by atoms with Gasteiger partial charge in [0.25, 0.3) is 0 Å². The Labute approximate surface area is 188 Å². The van der Waals surface area contributed by atoms with E-state index in [1.54, 1.807) is 4.90 Å². The second-order valence-electron chi connectivity index (χ2n) is 8.84. The molecular weight excluding hydrogens is 438 g/mol. The van der Waals surface area contributed by atoms with Crippen LogP contribution in [-0.4, -0.2) is 27.4 Å². The molecule has 1 fully saturated rings. The Bertz CT molecular complexity index is 1140. The summed E-state index contributed by atoms with van der Waals surface area (Å²) in [6, 6.07) is 3.92.